The monoisotopic (exact) mass is 409 g/mol. The first-order valence-electron chi connectivity index (χ1n) is 8.72. The van der Waals surface area contributed by atoms with Crippen LogP contribution in [0.5, 0.6) is 0 Å². The van der Waals surface area contributed by atoms with E-state index in [4.69, 9.17) is 11.6 Å². The summed E-state index contributed by atoms with van der Waals surface area (Å²) >= 11 is 5.89. The number of rotatable bonds is 6. The second kappa shape index (κ2) is 8.76. The average Bonchev–Trinajstić information content (AvgIpc) is 2.78. The molecule has 0 unspecified atom stereocenters. The van der Waals surface area contributed by atoms with Gasteiger partial charge in [-0.2, -0.15) is 0 Å². The van der Waals surface area contributed by atoms with Crippen molar-refractivity contribution in [3.63, 3.8) is 0 Å². The van der Waals surface area contributed by atoms with Crippen molar-refractivity contribution in [2.75, 3.05) is 6.54 Å². The standard InChI is InChI=1S/C20H24ClNO4S/c1-4-7-16-8-5-6-13-22(20(16)19(14(2)23)15(3)24)27(25,26)18-11-9-17(21)10-12-18/h4,9-12,23H,1,5-8,13H2,2-3H3. The number of nitrogens with zero attached hydrogens (tertiary/aromatic N) is 1. The maximum absolute atomic E-state index is 13.4. The maximum Gasteiger partial charge on any atom is 0.264 e. The van der Waals surface area contributed by atoms with Crippen molar-refractivity contribution in [2.45, 2.75) is 44.4 Å². The number of hydrogen-bond donors (Lipinski definition) is 1. The minimum atomic E-state index is -3.93. The second-order valence-electron chi connectivity index (χ2n) is 6.45. The van der Waals surface area contributed by atoms with Crippen molar-refractivity contribution in [2.24, 2.45) is 0 Å². The van der Waals surface area contributed by atoms with Gasteiger partial charge in [0.25, 0.3) is 10.0 Å². The molecule has 0 spiro atoms. The van der Waals surface area contributed by atoms with E-state index in [1.165, 1.54) is 42.4 Å². The summed E-state index contributed by atoms with van der Waals surface area (Å²) in [6, 6.07) is 5.91. The first-order valence-corrected chi connectivity index (χ1v) is 10.5. The van der Waals surface area contributed by atoms with E-state index in [2.05, 4.69) is 6.58 Å². The molecule has 0 radical (unpaired) electrons. The van der Waals surface area contributed by atoms with Crippen LogP contribution in [0.3, 0.4) is 0 Å². The highest BCUT2D eigenvalue weighted by Gasteiger charge is 2.33. The number of benzene rings is 1. The first-order chi connectivity index (χ1) is 12.7. The third kappa shape index (κ3) is 4.62. The summed E-state index contributed by atoms with van der Waals surface area (Å²) in [6.07, 6.45) is 4.18. The molecule has 1 aromatic carbocycles. The van der Waals surface area contributed by atoms with Crippen molar-refractivity contribution < 1.29 is 18.3 Å². The van der Waals surface area contributed by atoms with Crippen LogP contribution in [-0.4, -0.2) is 30.2 Å². The summed E-state index contributed by atoms with van der Waals surface area (Å²) in [7, 11) is -3.93. The molecule has 0 amide bonds. The van der Waals surface area contributed by atoms with Crippen molar-refractivity contribution in [1.29, 1.82) is 0 Å². The summed E-state index contributed by atoms with van der Waals surface area (Å²) in [5, 5.41) is 10.6. The molecule has 5 nitrogen and oxygen atoms in total. The van der Waals surface area contributed by atoms with Crippen LogP contribution in [0.15, 0.2) is 64.4 Å². The molecule has 1 aromatic rings. The quantitative estimate of drug-likeness (QED) is 0.417. The zero-order valence-corrected chi connectivity index (χ0v) is 17.1. The average molecular weight is 410 g/mol. The number of halogens is 1. The van der Waals surface area contributed by atoms with Crippen molar-refractivity contribution in [3.05, 3.63) is 64.5 Å². The van der Waals surface area contributed by atoms with Gasteiger partial charge in [-0.1, -0.05) is 17.7 Å². The Morgan fingerprint density at radius 2 is 1.89 bits per heavy atom. The Morgan fingerprint density at radius 1 is 1.26 bits per heavy atom. The van der Waals surface area contributed by atoms with Crippen LogP contribution in [-0.2, 0) is 14.8 Å². The van der Waals surface area contributed by atoms with E-state index in [0.29, 0.717) is 24.3 Å². The second-order valence-corrected chi connectivity index (χ2v) is 8.75. The molecule has 1 aliphatic heterocycles. The topological polar surface area (TPSA) is 74.7 Å². The van der Waals surface area contributed by atoms with Gasteiger partial charge in [0.15, 0.2) is 5.78 Å². The van der Waals surface area contributed by atoms with Gasteiger partial charge in [0, 0.05) is 11.6 Å². The predicted octanol–water partition coefficient (Wildman–Crippen LogP) is 4.77. The minimum Gasteiger partial charge on any atom is -0.512 e. The van der Waals surface area contributed by atoms with Crippen LogP contribution in [0.2, 0.25) is 5.02 Å². The van der Waals surface area contributed by atoms with Gasteiger partial charge in [-0.3, -0.25) is 9.10 Å². The number of ketones is 1. The predicted molar refractivity (Wildman–Crippen MR) is 107 cm³/mol. The van der Waals surface area contributed by atoms with Crippen molar-refractivity contribution in [1.82, 2.24) is 4.31 Å². The van der Waals surface area contributed by atoms with E-state index in [9.17, 15) is 18.3 Å². The lowest BCUT2D eigenvalue weighted by Gasteiger charge is -2.28. The van der Waals surface area contributed by atoms with Gasteiger partial charge < -0.3 is 5.11 Å². The highest BCUT2D eigenvalue weighted by molar-refractivity contribution is 7.89. The molecule has 1 heterocycles. The molecule has 0 atom stereocenters. The molecule has 1 N–H and O–H groups in total. The van der Waals surface area contributed by atoms with E-state index in [0.717, 1.165) is 12.0 Å². The molecule has 7 heteroatoms. The largest absolute Gasteiger partial charge is 0.512 e. The van der Waals surface area contributed by atoms with Crippen LogP contribution >= 0.6 is 11.6 Å². The fraction of sp³-hybridized carbons (Fsp3) is 0.350. The third-order valence-corrected chi connectivity index (χ3v) is 6.48. The first kappa shape index (κ1) is 21.3. The molecule has 2 rings (SSSR count). The maximum atomic E-state index is 13.4. The molecule has 146 valence electrons. The number of sulfonamides is 1. The number of Topliss-reactive ketones (excluding diaryl/α,β-unsaturated/α-hetero) is 1. The normalized spacial score (nSPS) is 16.6. The van der Waals surface area contributed by atoms with Crippen molar-refractivity contribution in [3.8, 4) is 0 Å². The van der Waals surface area contributed by atoms with E-state index in [-0.39, 0.29) is 34.3 Å². The Balaban J connectivity index is 2.75. The van der Waals surface area contributed by atoms with Crippen LogP contribution in [0.25, 0.3) is 0 Å². The van der Waals surface area contributed by atoms with Gasteiger partial charge in [-0.25, -0.2) is 8.42 Å². The summed E-state index contributed by atoms with van der Waals surface area (Å²) < 4.78 is 28.0. The summed E-state index contributed by atoms with van der Waals surface area (Å²) in [6.45, 7) is 6.69. The smallest absolute Gasteiger partial charge is 0.264 e. The SMILES string of the molecule is C=CCC1=C(C(C(C)=O)=C(C)O)N(S(=O)(=O)c2ccc(Cl)cc2)CCCC1. The van der Waals surface area contributed by atoms with Crippen LogP contribution in [0, 0.1) is 0 Å². The highest BCUT2D eigenvalue weighted by Crippen LogP contribution is 2.35. The summed E-state index contributed by atoms with van der Waals surface area (Å²) in [5.41, 5.74) is 1.08. The van der Waals surface area contributed by atoms with Gasteiger partial charge >= 0.3 is 0 Å². The van der Waals surface area contributed by atoms with Crippen LogP contribution in [0.4, 0.5) is 0 Å². The van der Waals surface area contributed by atoms with E-state index >= 15 is 0 Å². The molecule has 0 bridgehead atoms. The number of hydrogen-bond acceptors (Lipinski definition) is 4. The third-order valence-electron chi connectivity index (χ3n) is 4.42. The Morgan fingerprint density at radius 3 is 2.41 bits per heavy atom. The minimum absolute atomic E-state index is 0.0336. The van der Waals surface area contributed by atoms with Crippen LogP contribution < -0.4 is 0 Å². The lowest BCUT2D eigenvalue weighted by atomic mass is 9.97. The van der Waals surface area contributed by atoms with E-state index < -0.39 is 10.0 Å². The number of allylic oxidation sites excluding steroid dienone is 4. The van der Waals surface area contributed by atoms with Gasteiger partial charge in [-0.05, 0) is 69.4 Å². The molecule has 0 fully saturated rings. The summed E-state index contributed by atoms with van der Waals surface area (Å²) in [4.78, 5) is 12.4. The lowest BCUT2D eigenvalue weighted by molar-refractivity contribution is -0.113. The van der Waals surface area contributed by atoms with Gasteiger partial charge in [0.2, 0.25) is 0 Å². The van der Waals surface area contributed by atoms with Crippen molar-refractivity contribution >= 4 is 27.4 Å². The van der Waals surface area contributed by atoms with Gasteiger partial charge in [0.1, 0.15) is 5.76 Å². The molecule has 27 heavy (non-hydrogen) atoms. The number of aliphatic hydroxyl groups is 1. The fourth-order valence-electron chi connectivity index (χ4n) is 3.24. The molecule has 0 aliphatic carbocycles. The molecule has 0 saturated carbocycles. The molecular formula is C20H24ClNO4S. The van der Waals surface area contributed by atoms with E-state index in [1.807, 2.05) is 0 Å². The van der Waals surface area contributed by atoms with Crippen LogP contribution in [0.1, 0.15) is 39.5 Å². The molecule has 1 aliphatic rings. The Kier molecular flexibility index (Phi) is 6.89. The van der Waals surface area contributed by atoms with Gasteiger partial charge in [0.05, 0.1) is 16.2 Å². The number of carbonyl (C=O) groups excluding carboxylic acids is 1. The number of aliphatic hydroxyl groups excluding tert-OH is 1. The zero-order chi connectivity index (χ0) is 20.2. The molecule has 0 saturated heterocycles. The Labute approximate surface area is 165 Å². The summed E-state index contributed by atoms with van der Waals surface area (Å²) in [5.74, 6) is -0.581. The molecular weight excluding hydrogens is 386 g/mol. The zero-order valence-electron chi connectivity index (χ0n) is 15.5. The number of carbonyl (C=O) groups is 1. The van der Waals surface area contributed by atoms with E-state index in [1.54, 1.807) is 6.08 Å². The Bertz CT molecular complexity index is 894. The molecule has 0 aromatic heterocycles. The Hall–Kier alpha value is -2.05. The highest BCUT2D eigenvalue weighted by atomic mass is 35.5. The van der Waals surface area contributed by atoms with Gasteiger partial charge in [-0.15, -0.1) is 6.58 Å². The fourth-order valence-corrected chi connectivity index (χ4v) is 4.93. The lowest BCUT2D eigenvalue weighted by Crippen LogP contribution is -2.33.